The van der Waals surface area contributed by atoms with Crippen LogP contribution < -0.4 is 4.74 Å². The number of non-ortho nitro benzene ring substituents is 1. The SMILES string of the molecule is COc1ccc(C2c3ccsc3CCN2C(=O)CN(C(=O)C=Cc2ccc([N+](=O)[O-])cc2)C(C)(C)C)cc1. The van der Waals surface area contributed by atoms with Gasteiger partial charge in [0.05, 0.1) is 18.1 Å². The maximum atomic E-state index is 13.8. The zero-order valence-corrected chi connectivity index (χ0v) is 22.7. The Morgan fingerprint density at radius 3 is 2.42 bits per heavy atom. The molecular formula is C29H31N3O5S. The van der Waals surface area contributed by atoms with Gasteiger partial charge in [0.15, 0.2) is 0 Å². The van der Waals surface area contributed by atoms with Crippen molar-refractivity contribution in [2.45, 2.75) is 38.8 Å². The van der Waals surface area contributed by atoms with E-state index in [4.69, 9.17) is 4.74 Å². The van der Waals surface area contributed by atoms with Crippen LogP contribution in [0.1, 0.15) is 48.4 Å². The molecule has 9 heteroatoms. The molecule has 8 nitrogen and oxygen atoms in total. The van der Waals surface area contributed by atoms with Crippen LogP contribution in [-0.2, 0) is 16.0 Å². The smallest absolute Gasteiger partial charge is 0.269 e. The van der Waals surface area contributed by atoms with Gasteiger partial charge >= 0.3 is 0 Å². The Kier molecular flexibility index (Phi) is 7.97. The number of thiophene rings is 1. The summed E-state index contributed by atoms with van der Waals surface area (Å²) in [6.45, 7) is 6.18. The van der Waals surface area contributed by atoms with Crippen LogP contribution in [0.3, 0.4) is 0 Å². The van der Waals surface area contributed by atoms with E-state index in [1.165, 1.54) is 23.1 Å². The molecule has 3 aromatic rings. The molecule has 0 bridgehead atoms. The number of rotatable bonds is 7. The van der Waals surface area contributed by atoms with Crippen LogP contribution in [0, 0.1) is 10.1 Å². The lowest BCUT2D eigenvalue weighted by Crippen LogP contribution is -2.52. The molecule has 0 fully saturated rings. The first-order chi connectivity index (χ1) is 18.1. The number of carbonyl (C=O) groups is 2. The largest absolute Gasteiger partial charge is 0.497 e. The normalized spacial score (nSPS) is 15.3. The van der Waals surface area contributed by atoms with Gasteiger partial charge in [0.25, 0.3) is 5.69 Å². The van der Waals surface area contributed by atoms with E-state index in [2.05, 4.69) is 11.4 Å². The molecule has 0 saturated heterocycles. The number of nitrogens with zero attached hydrogens (tertiary/aromatic N) is 3. The van der Waals surface area contributed by atoms with Gasteiger partial charge in [-0.15, -0.1) is 11.3 Å². The summed E-state index contributed by atoms with van der Waals surface area (Å²) >= 11 is 1.70. The summed E-state index contributed by atoms with van der Waals surface area (Å²) in [5.41, 5.74) is 2.14. The quantitative estimate of drug-likeness (QED) is 0.228. The van der Waals surface area contributed by atoms with Crippen molar-refractivity contribution in [3.63, 3.8) is 0 Å². The summed E-state index contributed by atoms with van der Waals surface area (Å²) in [7, 11) is 1.62. The number of hydrogen-bond donors (Lipinski definition) is 0. The Balaban J connectivity index is 1.56. The zero-order valence-electron chi connectivity index (χ0n) is 21.9. The van der Waals surface area contributed by atoms with Crippen molar-refractivity contribution >= 4 is 34.9 Å². The average Bonchev–Trinajstić information content (AvgIpc) is 3.38. The minimum atomic E-state index is -0.606. The third kappa shape index (κ3) is 5.94. The van der Waals surface area contributed by atoms with E-state index in [0.29, 0.717) is 12.1 Å². The maximum absolute atomic E-state index is 13.8. The van der Waals surface area contributed by atoms with Crippen molar-refractivity contribution in [2.24, 2.45) is 0 Å². The number of methoxy groups -OCH3 is 1. The predicted molar refractivity (Wildman–Crippen MR) is 148 cm³/mol. The van der Waals surface area contributed by atoms with E-state index in [0.717, 1.165) is 23.3 Å². The van der Waals surface area contributed by atoms with Crippen LogP contribution in [0.4, 0.5) is 5.69 Å². The molecule has 198 valence electrons. The van der Waals surface area contributed by atoms with Gasteiger partial charge < -0.3 is 14.5 Å². The number of benzene rings is 2. The van der Waals surface area contributed by atoms with Crippen LogP contribution in [0.15, 0.2) is 66.1 Å². The van der Waals surface area contributed by atoms with Crippen LogP contribution in [0.2, 0.25) is 0 Å². The summed E-state index contributed by atoms with van der Waals surface area (Å²) in [5.74, 6) is 0.311. The molecule has 2 amide bonds. The van der Waals surface area contributed by atoms with E-state index in [1.54, 1.807) is 41.6 Å². The third-order valence-electron chi connectivity index (χ3n) is 6.61. The molecule has 1 aliphatic heterocycles. The molecule has 0 radical (unpaired) electrons. The van der Waals surface area contributed by atoms with Gasteiger partial charge in [-0.1, -0.05) is 12.1 Å². The van der Waals surface area contributed by atoms with E-state index in [9.17, 15) is 19.7 Å². The average molecular weight is 534 g/mol. The van der Waals surface area contributed by atoms with Gasteiger partial charge in [0, 0.05) is 35.2 Å². The van der Waals surface area contributed by atoms with Gasteiger partial charge in [0.1, 0.15) is 12.3 Å². The lowest BCUT2D eigenvalue weighted by molar-refractivity contribution is -0.384. The number of hydrogen-bond acceptors (Lipinski definition) is 6. The molecule has 1 aliphatic rings. The van der Waals surface area contributed by atoms with E-state index < -0.39 is 10.5 Å². The Bertz CT molecular complexity index is 1340. The minimum absolute atomic E-state index is 0.0166. The van der Waals surface area contributed by atoms with Gasteiger partial charge in [-0.25, -0.2) is 0 Å². The van der Waals surface area contributed by atoms with Crippen molar-refractivity contribution in [2.75, 3.05) is 20.2 Å². The van der Waals surface area contributed by atoms with Crippen molar-refractivity contribution in [1.29, 1.82) is 0 Å². The highest BCUT2D eigenvalue weighted by Gasteiger charge is 2.35. The summed E-state index contributed by atoms with van der Waals surface area (Å²) in [6, 6.07) is 15.5. The van der Waals surface area contributed by atoms with Crippen LogP contribution >= 0.6 is 11.3 Å². The Morgan fingerprint density at radius 2 is 1.82 bits per heavy atom. The van der Waals surface area contributed by atoms with E-state index >= 15 is 0 Å². The first-order valence-corrected chi connectivity index (χ1v) is 13.2. The van der Waals surface area contributed by atoms with E-state index in [-0.39, 0.29) is 30.1 Å². The topological polar surface area (TPSA) is 93.0 Å². The number of ether oxygens (including phenoxy) is 1. The standard InChI is InChI=1S/C29H31N3O5S/c1-29(2,3)31(26(33)14-7-20-5-10-22(11-6-20)32(35)36)19-27(34)30-17-15-25-24(16-18-38-25)28(30)21-8-12-23(37-4)13-9-21/h5-14,16,18,28H,15,17,19H2,1-4H3. The highest BCUT2D eigenvalue weighted by atomic mass is 32.1. The number of nitro groups is 1. The van der Waals surface area contributed by atoms with Crippen LogP contribution in [0.5, 0.6) is 5.75 Å². The van der Waals surface area contributed by atoms with Crippen molar-refractivity contribution in [3.8, 4) is 5.75 Å². The van der Waals surface area contributed by atoms with Crippen molar-refractivity contribution in [1.82, 2.24) is 9.80 Å². The highest BCUT2D eigenvalue weighted by Crippen LogP contribution is 2.38. The molecule has 1 unspecified atom stereocenters. The molecule has 1 aromatic heterocycles. The third-order valence-corrected chi connectivity index (χ3v) is 7.61. The van der Waals surface area contributed by atoms with Gasteiger partial charge in [-0.2, -0.15) is 0 Å². The Morgan fingerprint density at radius 1 is 1.13 bits per heavy atom. The fourth-order valence-electron chi connectivity index (χ4n) is 4.57. The zero-order chi connectivity index (χ0) is 27.4. The fraction of sp³-hybridized carbons (Fsp3) is 0.310. The molecule has 4 rings (SSSR count). The highest BCUT2D eigenvalue weighted by molar-refractivity contribution is 7.10. The molecule has 0 aliphatic carbocycles. The molecule has 0 saturated carbocycles. The number of carbonyl (C=O) groups excluding carboxylic acids is 2. The summed E-state index contributed by atoms with van der Waals surface area (Å²) in [4.78, 5) is 42.2. The second kappa shape index (κ2) is 11.2. The first-order valence-electron chi connectivity index (χ1n) is 12.3. The number of fused-ring (bicyclic) bond motifs is 1. The molecule has 2 aromatic carbocycles. The lowest BCUT2D eigenvalue weighted by Gasteiger charge is -2.40. The van der Waals surface area contributed by atoms with Gasteiger partial charge in [-0.05, 0) is 85.7 Å². The summed E-state index contributed by atoms with van der Waals surface area (Å²) in [6.07, 6.45) is 3.79. The lowest BCUT2D eigenvalue weighted by atomic mass is 9.93. The predicted octanol–water partition coefficient (Wildman–Crippen LogP) is 5.48. The van der Waals surface area contributed by atoms with Crippen molar-refractivity contribution < 1.29 is 19.2 Å². The molecule has 0 spiro atoms. The van der Waals surface area contributed by atoms with Crippen molar-refractivity contribution in [3.05, 3.63) is 97.7 Å². The minimum Gasteiger partial charge on any atom is -0.497 e. The number of nitro benzene ring substituents is 1. The summed E-state index contributed by atoms with van der Waals surface area (Å²) < 4.78 is 5.31. The second-order valence-electron chi connectivity index (χ2n) is 10.1. The van der Waals surface area contributed by atoms with Gasteiger partial charge in [-0.3, -0.25) is 19.7 Å². The Hall–Kier alpha value is -3.98. The van der Waals surface area contributed by atoms with Crippen LogP contribution in [-0.4, -0.2) is 52.3 Å². The second-order valence-corrected chi connectivity index (χ2v) is 11.1. The van der Waals surface area contributed by atoms with E-state index in [1.807, 2.05) is 49.9 Å². The molecule has 0 N–H and O–H groups in total. The van der Waals surface area contributed by atoms with Gasteiger partial charge in [0.2, 0.25) is 11.8 Å². The summed E-state index contributed by atoms with van der Waals surface area (Å²) in [5, 5.41) is 13.0. The molecular weight excluding hydrogens is 502 g/mol. The maximum Gasteiger partial charge on any atom is 0.269 e. The number of amides is 2. The first kappa shape index (κ1) is 27.1. The fourth-order valence-corrected chi connectivity index (χ4v) is 5.47. The van der Waals surface area contributed by atoms with Crippen LogP contribution in [0.25, 0.3) is 6.08 Å². The molecule has 2 heterocycles. The monoisotopic (exact) mass is 533 g/mol. The molecule has 1 atom stereocenters. The Labute approximate surface area is 226 Å². The molecule has 38 heavy (non-hydrogen) atoms.